The first-order chi connectivity index (χ1) is 12.1. The van der Waals surface area contributed by atoms with Crippen LogP contribution in [0, 0.1) is 0 Å². The summed E-state index contributed by atoms with van der Waals surface area (Å²) in [6, 6.07) is 8.69. The fourth-order valence-corrected chi connectivity index (χ4v) is 3.23. The van der Waals surface area contributed by atoms with Gasteiger partial charge in [-0.25, -0.2) is 0 Å². The molecule has 0 saturated heterocycles. The topological polar surface area (TPSA) is 15.3 Å². The highest BCUT2D eigenvalue weighted by Crippen LogP contribution is 2.18. The van der Waals surface area contributed by atoms with Gasteiger partial charge in [-0.3, -0.25) is 0 Å². The summed E-state index contributed by atoms with van der Waals surface area (Å²) in [5, 5.41) is 4.33. The van der Waals surface area contributed by atoms with Crippen LogP contribution < -0.4 is 5.32 Å². The van der Waals surface area contributed by atoms with Crippen LogP contribution in [0.5, 0.6) is 0 Å². The Bertz CT molecular complexity index is 455. The number of hydrogen-bond acceptors (Lipinski definition) is 1. The van der Waals surface area contributed by atoms with Crippen molar-refractivity contribution in [2.24, 2.45) is 0 Å². The van der Waals surface area contributed by atoms with Crippen molar-refractivity contribution in [1.29, 1.82) is 0 Å². The van der Waals surface area contributed by atoms with E-state index in [1.54, 1.807) is 0 Å². The number of rotatable bonds is 12. The Hall–Kier alpha value is -1.09. The highest BCUT2D eigenvalue weighted by atomic mass is 32.1. The van der Waals surface area contributed by atoms with E-state index in [4.69, 9.17) is 12.2 Å². The van der Waals surface area contributed by atoms with Gasteiger partial charge in [0.15, 0.2) is 5.11 Å². The Kier molecular flexibility index (Phi) is 11.6. The lowest BCUT2D eigenvalue weighted by molar-refractivity contribution is 0.391. The molecule has 0 unspecified atom stereocenters. The maximum absolute atomic E-state index is 5.71. The van der Waals surface area contributed by atoms with Crippen molar-refractivity contribution in [1.82, 2.24) is 4.90 Å². The molecule has 0 fully saturated rings. The van der Waals surface area contributed by atoms with E-state index >= 15 is 0 Å². The van der Waals surface area contributed by atoms with Crippen molar-refractivity contribution in [2.45, 2.75) is 85.0 Å². The molecule has 0 atom stereocenters. The first kappa shape index (κ1) is 22.0. The molecular formula is C22H38N2S. The minimum Gasteiger partial charge on any atom is -0.349 e. The predicted molar refractivity (Wildman–Crippen MR) is 117 cm³/mol. The van der Waals surface area contributed by atoms with Crippen LogP contribution in [0.25, 0.3) is 0 Å². The molecule has 2 nitrogen and oxygen atoms in total. The van der Waals surface area contributed by atoms with E-state index in [0.717, 1.165) is 23.9 Å². The minimum atomic E-state index is 0.564. The molecule has 0 aliphatic rings. The molecule has 0 spiro atoms. The lowest BCUT2D eigenvalue weighted by Gasteiger charge is -2.26. The van der Waals surface area contributed by atoms with E-state index < -0.39 is 0 Å². The number of unbranched alkanes of at least 4 members (excludes halogenated alkanes) is 6. The maximum atomic E-state index is 5.71. The van der Waals surface area contributed by atoms with Crippen LogP contribution in [-0.4, -0.2) is 23.1 Å². The van der Waals surface area contributed by atoms with Gasteiger partial charge < -0.3 is 10.2 Å². The van der Waals surface area contributed by atoms with Crippen LogP contribution in [-0.2, 0) is 0 Å². The zero-order valence-electron chi connectivity index (χ0n) is 16.8. The average Bonchev–Trinajstić information content (AvgIpc) is 2.60. The summed E-state index contributed by atoms with van der Waals surface area (Å²) in [7, 11) is 0. The van der Waals surface area contributed by atoms with Crippen molar-refractivity contribution in [3.8, 4) is 0 Å². The van der Waals surface area contributed by atoms with Crippen molar-refractivity contribution in [2.75, 3.05) is 18.4 Å². The van der Waals surface area contributed by atoms with E-state index in [9.17, 15) is 0 Å². The molecule has 1 N–H and O–H groups in total. The summed E-state index contributed by atoms with van der Waals surface area (Å²) in [6.07, 6.45) is 10.3. The Labute approximate surface area is 161 Å². The van der Waals surface area contributed by atoms with Gasteiger partial charge in [-0.05, 0) is 48.7 Å². The van der Waals surface area contributed by atoms with Gasteiger partial charge in [0.2, 0.25) is 0 Å². The summed E-state index contributed by atoms with van der Waals surface area (Å²) in [5.41, 5.74) is 2.47. The monoisotopic (exact) mass is 362 g/mol. The fourth-order valence-electron chi connectivity index (χ4n) is 2.93. The highest BCUT2D eigenvalue weighted by molar-refractivity contribution is 7.80. The third-order valence-electron chi connectivity index (χ3n) is 4.68. The second-order valence-corrected chi connectivity index (χ2v) is 7.70. The molecule has 0 radical (unpaired) electrons. The molecule has 1 rings (SSSR count). The van der Waals surface area contributed by atoms with Gasteiger partial charge in [0, 0.05) is 18.8 Å². The molecular weight excluding hydrogens is 324 g/mol. The lowest BCUT2D eigenvalue weighted by Crippen LogP contribution is -2.36. The standard InChI is InChI=1S/C22H38N2S/c1-5-7-9-11-17-24(18-12-10-8-6-2)22(25)23-21-15-13-20(14-16-21)19(3)4/h13-16,19H,5-12,17-18H2,1-4H3,(H,23,25). The second-order valence-electron chi connectivity index (χ2n) is 7.32. The first-order valence-corrected chi connectivity index (χ1v) is 10.6. The minimum absolute atomic E-state index is 0.564. The highest BCUT2D eigenvalue weighted by Gasteiger charge is 2.10. The first-order valence-electron chi connectivity index (χ1n) is 10.2. The Morgan fingerprint density at radius 2 is 1.40 bits per heavy atom. The quantitative estimate of drug-likeness (QED) is 0.319. The SMILES string of the molecule is CCCCCCN(CCCCCC)C(=S)Nc1ccc(C(C)C)cc1. The van der Waals surface area contributed by atoms with Crippen LogP contribution in [0.15, 0.2) is 24.3 Å². The van der Waals surface area contributed by atoms with Crippen molar-refractivity contribution >= 4 is 23.0 Å². The van der Waals surface area contributed by atoms with Gasteiger partial charge in [-0.1, -0.05) is 78.4 Å². The molecule has 0 aliphatic carbocycles. The molecule has 142 valence electrons. The molecule has 1 aromatic carbocycles. The van der Waals surface area contributed by atoms with E-state index in [1.165, 1.54) is 56.9 Å². The van der Waals surface area contributed by atoms with Crippen molar-refractivity contribution < 1.29 is 0 Å². The molecule has 0 aliphatic heterocycles. The van der Waals surface area contributed by atoms with Crippen LogP contribution in [0.3, 0.4) is 0 Å². The Morgan fingerprint density at radius 3 is 1.84 bits per heavy atom. The number of hydrogen-bond donors (Lipinski definition) is 1. The van der Waals surface area contributed by atoms with Crippen LogP contribution in [0.2, 0.25) is 0 Å². The van der Waals surface area contributed by atoms with Gasteiger partial charge in [-0.2, -0.15) is 0 Å². The van der Waals surface area contributed by atoms with E-state index in [2.05, 4.69) is 62.2 Å². The number of benzene rings is 1. The van der Waals surface area contributed by atoms with Crippen LogP contribution in [0.1, 0.15) is 90.5 Å². The van der Waals surface area contributed by atoms with E-state index in [0.29, 0.717) is 5.92 Å². The molecule has 1 aromatic rings. The van der Waals surface area contributed by atoms with Gasteiger partial charge in [-0.15, -0.1) is 0 Å². The summed E-state index contributed by atoms with van der Waals surface area (Å²) < 4.78 is 0. The van der Waals surface area contributed by atoms with Crippen LogP contribution >= 0.6 is 12.2 Å². The molecule has 0 heterocycles. The molecule has 25 heavy (non-hydrogen) atoms. The van der Waals surface area contributed by atoms with Crippen molar-refractivity contribution in [3.63, 3.8) is 0 Å². The third-order valence-corrected chi connectivity index (χ3v) is 5.04. The smallest absolute Gasteiger partial charge is 0.173 e. The maximum Gasteiger partial charge on any atom is 0.173 e. The Morgan fingerprint density at radius 1 is 0.880 bits per heavy atom. The normalized spacial score (nSPS) is 10.9. The molecule has 0 aromatic heterocycles. The van der Waals surface area contributed by atoms with Crippen LogP contribution in [0.4, 0.5) is 5.69 Å². The zero-order chi connectivity index (χ0) is 18.5. The largest absolute Gasteiger partial charge is 0.349 e. The molecule has 0 saturated carbocycles. The number of anilines is 1. The van der Waals surface area contributed by atoms with Gasteiger partial charge in [0.1, 0.15) is 0 Å². The second kappa shape index (κ2) is 13.2. The Balaban J connectivity index is 2.56. The summed E-state index contributed by atoms with van der Waals surface area (Å²) in [5.74, 6) is 0.564. The number of nitrogens with zero attached hydrogens (tertiary/aromatic N) is 1. The zero-order valence-corrected chi connectivity index (χ0v) is 17.6. The fraction of sp³-hybridized carbons (Fsp3) is 0.682. The van der Waals surface area contributed by atoms with E-state index in [1.807, 2.05) is 0 Å². The summed E-state index contributed by atoms with van der Waals surface area (Å²) >= 11 is 5.71. The average molecular weight is 363 g/mol. The predicted octanol–water partition coefficient (Wildman–Crippen LogP) is 6.97. The lowest BCUT2D eigenvalue weighted by atomic mass is 10.0. The third kappa shape index (κ3) is 9.25. The summed E-state index contributed by atoms with van der Waals surface area (Å²) in [4.78, 5) is 2.37. The van der Waals surface area contributed by atoms with Gasteiger partial charge in [0.25, 0.3) is 0 Å². The van der Waals surface area contributed by atoms with Gasteiger partial charge in [0.05, 0.1) is 0 Å². The molecule has 0 amide bonds. The number of nitrogens with one attached hydrogen (secondary N) is 1. The molecule has 3 heteroatoms. The van der Waals surface area contributed by atoms with E-state index in [-0.39, 0.29) is 0 Å². The van der Waals surface area contributed by atoms with Gasteiger partial charge >= 0.3 is 0 Å². The number of thiocarbonyl (C=S) groups is 1. The molecule has 0 bridgehead atoms. The summed E-state index contributed by atoms with van der Waals surface area (Å²) in [6.45, 7) is 11.1. The van der Waals surface area contributed by atoms with Crippen molar-refractivity contribution in [3.05, 3.63) is 29.8 Å².